The smallest absolute Gasteiger partial charge is 0.264 e. The Morgan fingerprint density at radius 2 is 2.00 bits per heavy atom. The number of thiophene rings is 1. The molecule has 0 aliphatic rings. The second kappa shape index (κ2) is 8.08. The Morgan fingerprint density at radius 3 is 2.57 bits per heavy atom. The van der Waals surface area contributed by atoms with Crippen LogP contribution in [0.5, 0.6) is 0 Å². The quantitative estimate of drug-likeness (QED) is 0.669. The van der Waals surface area contributed by atoms with Crippen molar-refractivity contribution in [1.29, 1.82) is 0 Å². The van der Waals surface area contributed by atoms with Crippen molar-refractivity contribution in [2.75, 3.05) is 20.3 Å². The summed E-state index contributed by atoms with van der Waals surface area (Å²) in [5, 5.41) is 0. The van der Waals surface area contributed by atoms with E-state index in [4.69, 9.17) is 4.74 Å². The molecule has 0 aliphatic carbocycles. The molecular weight excluding hydrogens is 418 g/mol. The van der Waals surface area contributed by atoms with E-state index < -0.39 is 0 Å². The lowest BCUT2D eigenvalue weighted by Crippen LogP contribution is -2.33. The SMILES string of the molecule is COCCN(Cc1ccccc1)C(=O)c1cc(Br)c(Br)s1. The highest BCUT2D eigenvalue weighted by Crippen LogP contribution is 2.33. The topological polar surface area (TPSA) is 29.5 Å². The number of methoxy groups -OCH3 is 1. The van der Waals surface area contributed by atoms with E-state index in [0.29, 0.717) is 24.6 Å². The van der Waals surface area contributed by atoms with Crippen molar-refractivity contribution >= 4 is 49.1 Å². The first kappa shape index (κ1) is 16.7. The predicted octanol–water partition coefficient (Wildman–Crippen LogP) is 4.56. The van der Waals surface area contributed by atoms with Gasteiger partial charge in [0.2, 0.25) is 0 Å². The van der Waals surface area contributed by atoms with Crippen molar-refractivity contribution in [2.45, 2.75) is 6.54 Å². The molecule has 0 saturated carbocycles. The van der Waals surface area contributed by atoms with Crippen molar-refractivity contribution in [2.24, 2.45) is 0 Å². The fraction of sp³-hybridized carbons (Fsp3) is 0.267. The molecule has 0 radical (unpaired) electrons. The molecule has 0 spiro atoms. The van der Waals surface area contributed by atoms with E-state index in [-0.39, 0.29) is 5.91 Å². The third-order valence-electron chi connectivity index (χ3n) is 2.92. The van der Waals surface area contributed by atoms with E-state index in [0.717, 1.165) is 13.8 Å². The molecule has 1 amide bonds. The van der Waals surface area contributed by atoms with E-state index in [1.165, 1.54) is 11.3 Å². The molecule has 0 N–H and O–H groups in total. The van der Waals surface area contributed by atoms with Crippen LogP contribution < -0.4 is 0 Å². The summed E-state index contributed by atoms with van der Waals surface area (Å²) in [5.41, 5.74) is 1.11. The molecule has 112 valence electrons. The average Bonchev–Trinajstić information content (AvgIpc) is 2.83. The minimum absolute atomic E-state index is 0.0207. The van der Waals surface area contributed by atoms with Crippen LogP contribution in [0.1, 0.15) is 15.2 Å². The lowest BCUT2D eigenvalue weighted by atomic mass is 10.2. The lowest BCUT2D eigenvalue weighted by molar-refractivity contribution is 0.0685. The van der Waals surface area contributed by atoms with Crippen LogP contribution in [-0.2, 0) is 11.3 Å². The summed E-state index contributed by atoms with van der Waals surface area (Å²) >= 11 is 8.28. The Hall–Kier alpha value is -0.690. The van der Waals surface area contributed by atoms with Gasteiger partial charge < -0.3 is 9.64 Å². The zero-order valence-corrected chi connectivity index (χ0v) is 15.5. The molecule has 6 heteroatoms. The molecule has 1 aromatic heterocycles. The fourth-order valence-corrected chi connectivity index (χ4v) is 3.87. The summed E-state index contributed by atoms with van der Waals surface area (Å²) in [4.78, 5) is 15.2. The van der Waals surface area contributed by atoms with Gasteiger partial charge >= 0.3 is 0 Å². The molecule has 1 aromatic carbocycles. The number of amides is 1. The maximum Gasteiger partial charge on any atom is 0.264 e. The largest absolute Gasteiger partial charge is 0.383 e. The summed E-state index contributed by atoms with van der Waals surface area (Å²) in [6, 6.07) is 11.8. The molecule has 2 rings (SSSR count). The highest BCUT2D eigenvalue weighted by molar-refractivity contribution is 9.13. The van der Waals surface area contributed by atoms with Gasteiger partial charge in [-0.1, -0.05) is 30.3 Å². The molecule has 0 fully saturated rings. The average molecular weight is 433 g/mol. The monoisotopic (exact) mass is 431 g/mol. The van der Waals surface area contributed by atoms with E-state index in [9.17, 15) is 4.79 Å². The van der Waals surface area contributed by atoms with Gasteiger partial charge in [0.15, 0.2) is 0 Å². The molecular formula is C15H15Br2NO2S. The zero-order valence-electron chi connectivity index (χ0n) is 11.5. The number of benzene rings is 1. The first-order chi connectivity index (χ1) is 10.1. The Bertz CT molecular complexity index is 581. The van der Waals surface area contributed by atoms with Crippen molar-refractivity contribution < 1.29 is 9.53 Å². The maximum absolute atomic E-state index is 12.7. The molecule has 0 saturated heterocycles. The minimum atomic E-state index is 0.0207. The predicted molar refractivity (Wildman–Crippen MR) is 92.8 cm³/mol. The Morgan fingerprint density at radius 1 is 1.29 bits per heavy atom. The van der Waals surface area contributed by atoms with Gasteiger partial charge in [0.1, 0.15) is 0 Å². The van der Waals surface area contributed by atoms with E-state index >= 15 is 0 Å². The zero-order chi connectivity index (χ0) is 15.2. The first-order valence-corrected chi connectivity index (χ1v) is 8.79. The maximum atomic E-state index is 12.7. The number of carbonyl (C=O) groups is 1. The number of halogens is 2. The van der Waals surface area contributed by atoms with Crippen LogP contribution in [0.15, 0.2) is 44.7 Å². The number of rotatable bonds is 6. The van der Waals surface area contributed by atoms with Gasteiger partial charge in [0.05, 0.1) is 15.3 Å². The van der Waals surface area contributed by atoms with E-state index in [1.807, 2.05) is 41.3 Å². The molecule has 1 heterocycles. The van der Waals surface area contributed by atoms with Crippen LogP contribution >= 0.6 is 43.2 Å². The summed E-state index contributed by atoms with van der Waals surface area (Å²) in [6.07, 6.45) is 0. The number of hydrogen-bond donors (Lipinski definition) is 0. The number of carbonyl (C=O) groups excluding carboxylic acids is 1. The number of ether oxygens (including phenoxy) is 1. The molecule has 0 atom stereocenters. The Kier molecular flexibility index (Phi) is 6.41. The fourth-order valence-electron chi connectivity index (χ4n) is 1.87. The van der Waals surface area contributed by atoms with Gasteiger partial charge in [-0.15, -0.1) is 11.3 Å². The van der Waals surface area contributed by atoms with Crippen molar-refractivity contribution in [3.63, 3.8) is 0 Å². The molecule has 0 unspecified atom stereocenters. The van der Waals surface area contributed by atoms with Crippen LogP contribution in [0.2, 0.25) is 0 Å². The van der Waals surface area contributed by atoms with Gasteiger partial charge in [0.25, 0.3) is 5.91 Å². The summed E-state index contributed by atoms with van der Waals surface area (Å²) in [5.74, 6) is 0.0207. The van der Waals surface area contributed by atoms with E-state index in [2.05, 4.69) is 31.9 Å². The summed E-state index contributed by atoms with van der Waals surface area (Å²) in [6.45, 7) is 1.67. The van der Waals surface area contributed by atoms with E-state index in [1.54, 1.807) is 7.11 Å². The molecule has 0 aliphatic heterocycles. The van der Waals surface area contributed by atoms with Gasteiger partial charge in [-0.3, -0.25) is 4.79 Å². The molecule has 2 aromatic rings. The second-order valence-electron chi connectivity index (χ2n) is 4.44. The van der Waals surface area contributed by atoms with Crippen LogP contribution in [0.3, 0.4) is 0 Å². The number of nitrogens with zero attached hydrogens (tertiary/aromatic N) is 1. The molecule has 21 heavy (non-hydrogen) atoms. The van der Waals surface area contributed by atoms with Gasteiger partial charge in [-0.25, -0.2) is 0 Å². The third-order valence-corrected chi connectivity index (χ3v) is 6.17. The molecule has 0 bridgehead atoms. The van der Waals surface area contributed by atoms with Gasteiger partial charge in [-0.2, -0.15) is 0 Å². The lowest BCUT2D eigenvalue weighted by Gasteiger charge is -2.22. The van der Waals surface area contributed by atoms with Gasteiger partial charge in [-0.05, 0) is 43.5 Å². The van der Waals surface area contributed by atoms with Crippen molar-refractivity contribution in [3.8, 4) is 0 Å². The Labute approximate surface area is 145 Å². The van der Waals surface area contributed by atoms with Crippen molar-refractivity contribution in [3.05, 3.63) is 55.1 Å². The second-order valence-corrected chi connectivity index (χ2v) is 7.66. The van der Waals surface area contributed by atoms with Crippen LogP contribution in [-0.4, -0.2) is 31.1 Å². The van der Waals surface area contributed by atoms with Crippen LogP contribution in [0.4, 0.5) is 0 Å². The summed E-state index contributed by atoms with van der Waals surface area (Å²) in [7, 11) is 1.64. The number of hydrogen-bond acceptors (Lipinski definition) is 3. The standard InChI is InChI=1S/C15H15Br2NO2S/c1-20-8-7-18(10-11-5-3-2-4-6-11)15(19)13-9-12(16)14(17)21-13/h2-6,9H,7-8,10H2,1H3. The molecule has 3 nitrogen and oxygen atoms in total. The van der Waals surface area contributed by atoms with Crippen LogP contribution in [0.25, 0.3) is 0 Å². The summed E-state index contributed by atoms with van der Waals surface area (Å²) < 4.78 is 6.95. The minimum Gasteiger partial charge on any atom is -0.383 e. The highest BCUT2D eigenvalue weighted by atomic mass is 79.9. The van der Waals surface area contributed by atoms with Gasteiger partial charge in [0, 0.05) is 24.7 Å². The third kappa shape index (κ3) is 4.64. The Balaban J connectivity index is 2.16. The highest BCUT2D eigenvalue weighted by Gasteiger charge is 2.19. The van der Waals surface area contributed by atoms with Crippen LogP contribution in [0, 0.1) is 0 Å². The van der Waals surface area contributed by atoms with Crippen molar-refractivity contribution in [1.82, 2.24) is 4.90 Å². The normalized spacial score (nSPS) is 10.6. The first-order valence-electron chi connectivity index (χ1n) is 6.38.